The van der Waals surface area contributed by atoms with E-state index >= 15 is 0 Å². The molecule has 3 aromatic rings. The van der Waals surface area contributed by atoms with E-state index in [0.717, 1.165) is 22.9 Å². The van der Waals surface area contributed by atoms with Gasteiger partial charge in [0.15, 0.2) is 0 Å². The molecule has 12 heteroatoms. The van der Waals surface area contributed by atoms with Gasteiger partial charge in [-0.15, -0.1) is 4.68 Å². The minimum atomic E-state index is -4.91. The Kier molecular flexibility index (Phi) is 5.79. The quantitative estimate of drug-likeness (QED) is 0.339. The van der Waals surface area contributed by atoms with Crippen molar-refractivity contribution in [1.29, 1.82) is 0 Å². The molecule has 1 heterocycles. The third kappa shape index (κ3) is 4.48. The number of nitrogens with zero attached hydrogens (tertiary/aromatic N) is 3. The summed E-state index contributed by atoms with van der Waals surface area (Å²) in [7, 11) is 0. The Hall–Kier alpha value is -4.48. The van der Waals surface area contributed by atoms with E-state index in [1.54, 1.807) is 12.1 Å². The topological polar surface area (TPSA) is 133 Å². The van der Waals surface area contributed by atoms with E-state index in [-0.39, 0.29) is 11.1 Å². The molecule has 0 bridgehead atoms. The number of carbonyl (C=O) groups is 2. The van der Waals surface area contributed by atoms with Crippen LogP contribution in [0.4, 0.5) is 24.7 Å². The highest BCUT2D eigenvalue weighted by atomic mass is 19.4. The molecule has 2 amide bonds. The first-order valence-corrected chi connectivity index (χ1v) is 8.80. The third-order valence-electron chi connectivity index (χ3n) is 4.33. The largest absolute Gasteiger partial charge is 0.417 e. The number of anilines is 1. The summed E-state index contributed by atoms with van der Waals surface area (Å²) in [6.45, 7) is 3.33. The van der Waals surface area contributed by atoms with Crippen LogP contribution in [0.15, 0.2) is 61.3 Å². The van der Waals surface area contributed by atoms with Gasteiger partial charge < -0.3 is 21.2 Å². The molecule has 32 heavy (non-hydrogen) atoms. The van der Waals surface area contributed by atoms with Crippen LogP contribution in [0.25, 0.3) is 16.8 Å². The van der Waals surface area contributed by atoms with E-state index in [9.17, 15) is 32.9 Å². The van der Waals surface area contributed by atoms with Crippen molar-refractivity contribution in [3.8, 4) is 16.8 Å². The maximum atomic E-state index is 13.4. The van der Waals surface area contributed by atoms with Gasteiger partial charge in [-0.1, -0.05) is 18.7 Å². The SMILES string of the molecule is C=CC(=O)Nc1cccc(-n2cc(-c3ccc(C(N)=O)c(C(F)(F)F)c3)c([N+](=O)[O-])n2)c1. The Bertz CT molecular complexity index is 1250. The van der Waals surface area contributed by atoms with E-state index in [4.69, 9.17) is 5.73 Å². The fourth-order valence-corrected chi connectivity index (χ4v) is 2.92. The minimum Gasteiger partial charge on any atom is -0.366 e. The fraction of sp³-hybridized carbons (Fsp3) is 0.0500. The second-order valence-electron chi connectivity index (χ2n) is 6.43. The van der Waals surface area contributed by atoms with E-state index in [0.29, 0.717) is 17.4 Å². The predicted octanol–water partition coefficient (Wildman–Crippen LogP) is 3.69. The number of nitrogens with two attached hydrogens (primary N) is 1. The van der Waals surface area contributed by atoms with E-state index in [1.165, 1.54) is 18.3 Å². The molecule has 2 aromatic carbocycles. The van der Waals surface area contributed by atoms with Gasteiger partial charge >= 0.3 is 12.0 Å². The lowest BCUT2D eigenvalue weighted by atomic mass is 9.99. The maximum absolute atomic E-state index is 13.4. The van der Waals surface area contributed by atoms with Gasteiger partial charge in [-0.25, -0.2) is 0 Å². The Balaban J connectivity index is 2.13. The van der Waals surface area contributed by atoms with Gasteiger partial charge in [0.25, 0.3) is 0 Å². The summed E-state index contributed by atoms with van der Waals surface area (Å²) in [6.07, 6.45) is -2.69. The van der Waals surface area contributed by atoms with Crippen molar-refractivity contribution in [2.75, 3.05) is 5.32 Å². The second-order valence-corrected chi connectivity index (χ2v) is 6.43. The average Bonchev–Trinajstić information content (AvgIpc) is 3.18. The highest BCUT2D eigenvalue weighted by Crippen LogP contribution is 2.37. The molecule has 3 rings (SSSR count). The molecule has 0 radical (unpaired) electrons. The van der Waals surface area contributed by atoms with Crippen LogP contribution in [0, 0.1) is 10.1 Å². The normalized spacial score (nSPS) is 11.1. The van der Waals surface area contributed by atoms with E-state index < -0.39 is 39.9 Å². The van der Waals surface area contributed by atoms with Crippen LogP contribution in [0.2, 0.25) is 0 Å². The smallest absolute Gasteiger partial charge is 0.366 e. The van der Waals surface area contributed by atoms with Crippen molar-refractivity contribution in [3.63, 3.8) is 0 Å². The number of hydrogen-bond acceptors (Lipinski definition) is 5. The van der Waals surface area contributed by atoms with Gasteiger partial charge in [-0.3, -0.25) is 9.59 Å². The number of amides is 2. The van der Waals surface area contributed by atoms with Crippen molar-refractivity contribution < 1.29 is 27.7 Å². The van der Waals surface area contributed by atoms with Crippen LogP contribution in [-0.2, 0) is 11.0 Å². The van der Waals surface area contributed by atoms with Crippen LogP contribution < -0.4 is 11.1 Å². The molecular weight excluding hydrogens is 431 g/mol. The number of benzene rings is 2. The number of halogens is 3. The van der Waals surface area contributed by atoms with Crippen LogP contribution in [0.3, 0.4) is 0 Å². The number of aromatic nitrogens is 2. The van der Waals surface area contributed by atoms with Crippen molar-refractivity contribution in [3.05, 3.63) is 82.6 Å². The van der Waals surface area contributed by atoms with Crippen molar-refractivity contribution in [2.45, 2.75) is 6.18 Å². The summed E-state index contributed by atoms with van der Waals surface area (Å²) >= 11 is 0. The minimum absolute atomic E-state index is 0.184. The van der Waals surface area contributed by atoms with Gasteiger partial charge in [0.05, 0.1) is 28.1 Å². The van der Waals surface area contributed by atoms with Crippen molar-refractivity contribution in [1.82, 2.24) is 9.78 Å². The van der Waals surface area contributed by atoms with E-state index in [2.05, 4.69) is 17.0 Å². The van der Waals surface area contributed by atoms with Crippen LogP contribution in [0.1, 0.15) is 15.9 Å². The molecule has 3 N–H and O–H groups in total. The third-order valence-corrected chi connectivity index (χ3v) is 4.33. The number of alkyl halides is 3. The number of nitrogens with one attached hydrogen (secondary N) is 1. The standard InChI is InChI=1S/C20H14F3N5O4/c1-2-17(29)25-12-4-3-5-13(9-12)27-10-15(19(26-27)28(31)32)11-6-7-14(18(24)30)16(8-11)20(21,22)23/h2-10H,1H2,(H2,24,30)(H,25,29). The molecule has 164 valence electrons. The lowest BCUT2D eigenvalue weighted by Gasteiger charge is -2.12. The summed E-state index contributed by atoms with van der Waals surface area (Å²) in [5.41, 5.74) is 3.18. The monoisotopic (exact) mass is 445 g/mol. The number of nitro groups is 1. The highest BCUT2D eigenvalue weighted by Gasteiger charge is 2.36. The maximum Gasteiger partial charge on any atom is 0.417 e. The van der Waals surface area contributed by atoms with E-state index in [1.807, 2.05) is 0 Å². The fourth-order valence-electron chi connectivity index (χ4n) is 2.92. The van der Waals surface area contributed by atoms with Gasteiger partial charge in [0, 0.05) is 5.69 Å². The van der Waals surface area contributed by atoms with Crippen LogP contribution in [0.5, 0.6) is 0 Å². The van der Waals surface area contributed by atoms with Gasteiger partial charge in [0.2, 0.25) is 11.8 Å². The molecule has 0 fully saturated rings. The lowest BCUT2D eigenvalue weighted by Crippen LogP contribution is -2.18. The van der Waals surface area contributed by atoms with Crippen molar-refractivity contribution >= 4 is 23.3 Å². The van der Waals surface area contributed by atoms with Crippen LogP contribution in [-0.4, -0.2) is 26.5 Å². The molecule has 0 spiro atoms. The Labute approximate surface area is 178 Å². The lowest BCUT2D eigenvalue weighted by molar-refractivity contribution is -0.389. The number of primary amides is 1. The van der Waals surface area contributed by atoms with Gasteiger partial charge in [0.1, 0.15) is 5.56 Å². The Morgan fingerprint density at radius 3 is 2.53 bits per heavy atom. The molecule has 0 unspecified atom stereocenters. The zero-order chi connectivity index (χ0) is 23.6. The average molecular weight is 445 g/mol. The Morgan fingerprint density at radius 2 is 1.94 bits per heavy atom. The summed E-state index contributed by atoms with van der Waals surface area (Å²) in [5, 5.41) is 17.9. The first kappa shape index (κ1) is 22.2. The number of rotatable bonds is 6. The summed E-state index contributed by atoms with van der Waals surface area (Å²) in [4.78, 5) is 33.5. The molecule has 1 aromatic heterocycles. The van der Waals surface area contributed by atoms with Gasteiger partial charge in [-0.2, -0.15) is 13.2 Å². The number of carbonyl (C=O) groups excluding carboxylic acids is 2. The first-order chi connectivity index (χ1) is 15.0. The molecule has 0 aliphatic heterocycles. The number of hydrogen-bond donors (Lipinski definition) is 2. The zero-order valence-corrected chi connectivity index (χ0v) is 16.1. The summed E-state index contributed by atoms with van der Waals surface area (Å²) < 4.78 is 41.3. The first-order valence-electron chi connectivity index (χ1n) is 8.80. The molecular formula is C20H14F3N5O4. The summed E-state index contributed by atoms with van der Waals surface area (Å²) in [6, 6.07) is 8.67. The zero-order valence-electron chi connectivity index (χ0n) is 16.1. The molecule has 0 saturated carbocycles. The molecule has 9 nitrogen and oxygen atoms in total. The highest BCUT2D eigenvalue weighted by molar-refractivity contribution is 5.99. The molecule has 0 atom stereocenters. The van der Waals surface area contributed by atoms with Crippen LogP contribution >= 0.6 is 0 Å². The summed E-state index contributed by atoms with van der Waals surface area (Å²) in [5.74, 6) is -2.47. The second kappa shape index (κ2) is 8.34. The van der Waals surface area contributed by atoms with Gasteiger partial charge in [-0.05, 0) is 46.9 Å². The molecule has 0 aliphatic rings. The molecule has 0 saturated heterocycles. The molecule has 0 aliphatic carbocycles. The predicted molar refractivity (Wildman–Crippen MR) is 108 cm³/mol. The van der Waals surface area contributed by atoms with Crippen molar-refractivity contribution in [2.24, 2.45) is 5.73 Å². The Morgan fingerprint density at radius 1 is 1.22 bits per heavy atom.